The number of likely N-dealkylation sites (tertiary alicyclic amines) is 1. The molecule has 1 saturated heterocycles. The fraction of sp³-hybridized carbons (Fsp3) is 0.571. The summed E-state index contributed by atoms with van der Waals surface area (Å²) in [6, 6.07) is 5.58. The van der Waals surface area contributed by atoms with Crippen LogP contribution in [0.1, 0.15) is 31.9 Å². The molecule has 2 N–H and O–H groups in total. The molecule has 100 valence electrons. The van der Waals surface area contributed by atoms with Gasteiger partial charge < -0.3 is 5.73 Å². The van der Waals surface area contributed by atoms with Crippen LogP contribution in [0.15, 0.2) is 22.7 Å². The zero-order chi connectivity index (χ0) is 13.3. The first-order chi connectivity index (χ1) is 8.54. The highest BCUT2D eigenvalue weighted by Gasteiger charge is 2.36. The molecule has 4 heteroatoms. The SMILES string of the molecule is CC(C)N1CCC(CN)C1c1cc(F)ccc1Br. The van der Waals surface area contributed by atoms with E-state index in [2.05, 4.69) is 34.7 Å². The van der Waals surface area contributed by atoms with Crippen LogP contribution in [-0.2, 0) is 0 Å². The Balaban J connectivity index is 2.40. The monoisotopic (exact) mass is 314 g/mol. The summed E-state index contributed by atoms with van der Waals surface area (Å²) in [7, 11) is 0. The molecule has 0 saturated carbocycles. The lowest BCUT2D eigenvalue weighted by Gasteiger charge is -2.32. The van der Waals surface area contributed by atoms with E-state index >= 15 is 0 Å². The van der Waals surface area contributed by atoms with E-state index in [4.69, 9.17) is 5.73 Å². The topological polar surface area (TPSA) is 29.3 Å². The van der Waals surface area contributed by atoms with Gasteiger partial charge >= 0.3 is 0 Å². The van der Waals surface area contributed by atoms with E-state index in [-0.39, 0.29) is 11.9 Å². The van der Waals surface area contributed by atoms with Crippen molar-refractivity contribution < 1.29 is 4.39 Å². The lowest BCUT2D eigenvalue weighted by atomic mass is 9.93. The van der Waals surface area contributed by atoms with Gasteiger partial charge in [0.05, 0.1) is 0 Å². The van der Waals surface area contributed by atoms with Gasteiger partial charge in [-0.1, -0.05) is 15.9 Å². The van der Waals surface area contributed by atoms with Crippen molar-refractivity contribution in [1.29, 1.82) is 0 Å². The van der Waals surface area contributed by atoms with Crippen LogP contribution in [0.3, 0.4) is 0 Å². The quantitative estimate of drug-likeness (QED) is 0.927. The number of nitrogens with zero attached hydrogens (tertiary/aromatic N) is 1. The molecule has 1 aromatic rings. The Morgan fingerprint density at radius 1 is 1.50 bits per heavy atom. The van der Waals surface area contributed by atoms with Gasteiger partial charge in [-0.05, 0) is 63.0 Å². The van der Waals surface area contributed by atoms with Gasteiger partial charge in [-0.3, -0.25) is 4.90 Å². The summed E-state index contributed by atoms with van der Waals surface area (Å²) in [5.74, 6) is 0.227. The van der Waals surface area contributed by atoms with Gasteiger partial charge in [0.25, 0.3) is 0 Å². The zero-order valence-corrected chi connectivity index (χ0v) is 12.5. The Morgan fingerprint density at radius 2 is 2.22 bits per heavy atom. The molecule has 0 aromatic heterocycles. The maximum atomic E-state index is 13.5. The lowest BCUT2D eigenvalue weighted by Crippen LogP contribution is -2.33. The third kappa shape index (κ3) is 2.60. The van der Waals surface area contributed by atoms with Crippen molar-refractivity contribution in [2.45, 2.75) is 32.4 Å². The highest BCUT2D eigenvalue weighted by molar-refractivity contribution is 9.10. The number of halogens is 2. The molecule has 18 heavy (non-hydrogen) atoms. The number of hydrogen-bond donors (Lipinski definition) is 1. The average molecular weight is 315 g/mol. The Morgan fingerprint density at radius 3 is 2.83 bits per heavy atom. The Labute approximate surface area is 116 Å². The van der Waals surface area contributed by atoms with Crippen LogP contribution < -0.4 is 5.73 Å². The van der Waals surface area contributed by atoms with E-state index < -0.39 is 0 Å². The summed E-state index contributed by atoms with van der Waals surface area (Å²) in [5.41, 5.74) is 6.90. The van der Waals surface area contributed by atoms with Crippen LogP contribution in [0, 0.1) is 11.7 Å². The molecule has 1 heterocycles. The Kier molecular flexibility index (Phi) is 4.41. The van der Waals surface area contributed by atoms with Crippen LogP contribution in [0.5, 0.6) is 0 Å². The highest BCUT2D eigenvalue weighted by atomic mass is 79.9. The van der Waals surface area contributed by atoms with Gasteiger partial charge in [-0.2, -0.15) is 0 Å². The second-order valence-electron chi connectivity index (χ2n) is 5.23. The zero-order valence-electron chi connectivity index (χ0n) is 10.9. The molecule has 2 nitrogen and oxygen atoms in total. The number of nitrogens with two attached hydrogens (primary N) is 1. The third-order valence-corrected chi connectivity index (χ3v) is 4.53. The van der Waals surface area contributed by atoms with Crippen LogP contribution in [0.2, 0.25) is 0 Å². The first-order valence-electron chi connectivity index (χ1n) is 6.45. The Hall–Kier alpha value is -0.450. The molecule has 0 bridgehead atoms. The first-order valence-corrected chi connectivity index (χ1v) is 7.24. The van der Waals surface area contributed by atoms with Crippen molar-refractivity contribution in [2.24, 2.45) is 11.7 Å². The standard InChI is InChI=1S/C14H20BrFN2/c1-9(2)18-6-5-10(8-17)14(18)12-7-11(16)3-4-13(12)15/h3-4,7,9-10,14H,5-6,8,17H2,1-2H3. The predicted molar refractivity (Wildman–Crippen MR) is 75.8 cm³/mol. The molecule has 1 aliphatic heterocycles. The van der Waals surface area contributed by atoms with Crippen molar-refractivity contribution in [2.75, 3.05) is 13.1 Å². The molecule has 0 radical (unpaired) electrons. The van der Waals surface area contributed by atoms with E-state index in [9.17, 15) is 4.39 Å². The third-order valence-electron chi connectivity index (χ3n) is 3.80. The van der Waals surface area contributed by atoms with Crippen LogP contribution in [-0.4, -0.2) is 24.0 Å². The first kappa shape index (κ1) is 14.0. The molecule has 2 atom stereocenters. The van der Waals surface area contributed by atoms with E-state index in [1.54, 1.807) is 12.1 Å². The second kappa shape index (κ2) is 5.68. The van der Waals surface area contributed by atoms with Crippen LogP contribution >= 0.6 is 15.9 Å². The minimum atomic E-state index is -0.181. The number of hydrogen-bond acceptors (Lipinski definition) is 2. The van der Waals surface area contributed by atoms with E-state index in [0.29, 0.717) is 18.5 Å². The molecule has 1 fully saturated rings. The molecular formula is C14H20BrFN2. The molecular weight excluding hydrogens is 295 g/mol. The van der Waals surface area contributed by atoms with Gasteiger partial charge in [-0.25, -0.2) is 4.39 Å². The van der Waals surface area contributed by atoms with Crippen molar-refractivity contribution in [1.82, 2.24) is 4.90 Å². The van der Waals surface area contributed by atoms with E-state index in [0.717, 1.165) is 23.0 Å². The summed E-state index contributed by atoms with van der Waals surface area (Å²) in [5, 5.41) is 0. The number of rotatable bonds is 3. The van der Waals surface area contributed by atoms with Gasteiger partial charge in [0.15, 0.2) is 0 Å². The second-order valence-corrected chi connectivity index (χ2v) is 6.08. The molecule has 0 amide bonds. The van der Waals surface area contributed by atoms with Crippen LogP contribution in [0.25, 0.3) is 0 Å². The molecule has 0 spiro atoms. The summed E-state index contributed by atoms with van der Waals surface area (Å²) in [6.45, 7) is 6.04. The van der Waals surface area contributed by atoms with Gasteiger partial charge in [0.1, 0.15) is 5.82 Å². The molecule has 1 aromatic carbocycles. The largest absolute Gasteiger partial charge is 0.330 e. The average Bonchev–Trinajstić information content (AvgIpc) is 2.75. The minimum Gasteiger partial charge on any atom is -0.330 e. The van der Waals surface area contributed by atoms with Gasteiger partial charge in [0.2, 0.25) is 0 Å². The summed E-state index contributed by atoms with van der Waals surface area (Å²) in [4.78, 5) is 2.41. The molecule has 1 aliphatic rings. The van der Waals surface area contributed by atoms with Crippen LogP contribution in [0.4, 0.5) is 4.39 Å². The summed E-state index contributed by atoms with van der Waals surface area (Å²) >= 11 is 3.54. The Bertz CT molecular complexity index is 422. The summed E-state index contributed by atoms with van der Waals surface area (Å²) in [6.07, 6.45) is 1.09. The molecule has 2 rings (SSSR count). The molecule has 2 unspecified atom stereocenters. The molecule has 0 aliphatic carbocycles. The fourth-order valence-electron chi connectivity index (χ4n) is 2.88. The number of benzene rings is 1. The smallest absolute Gasteiger partial charge is 0.123 e. The van der Waals surface area contributed by atoms with E-state index in [1.165, 1.54) is 6.07 Å². The van der Waals surface area contributed by atoms with Gasteiger partial charge in [0, 0.05) is 16.6 Å². The van der Waals surface area contributed by atoms with Crippen molar-refractivity contribution in [3.8, 4) is 0 Å². The maximum absolute atomic E-state index is 13.5. The normalized spacial score (nSPS) is 25.0. The lowest BCUT2D eigenvalue weighted by molar-refractivity contribution is 0.184. The maximum Gasteiger partial charge on any atom is 0.123 e. The fourth-order valence-corrected chi connectivity index (χ4v) is 3.36. The minimum absolute atomic E-state index is 0.181. The van der Waals surface area contributed by atoms with Crippen molar-refractivity contribution >= 4 is 15.9 Å². The summed E-state index contributed by atoms with van der Waals surface area (Å²) < 4.78 is 14.5. The van der Waals surface area contributed by atoms with Crippen molar-refractivity contribution in [3.63, 3.8) is 0 Å². The van der Waals surface area contributed by atoms with Gasteiger partial charge in [-0.15, -0.1) is 0 Å². The highest BCUT2D eigenvalue weighted by Crippen LogP contribution is 2.41. The van der Waals surface area contributed by atoms with Crippen molar-refractivity contribution in [3.05, 3.63) is 34.1 Å². The predicted octanol–water partition coefficient (Wildman–Crippen LogP) is 3.32. The van der Waals surface area contributed by atoms with E-state index in [1.807, 2.05) is 0 Å².